The van der Waals surface area contributed by atoms with Gasteiger partial charge in [-0.2, -0.15) is 0 Å². The average molecular weight is 496 g/mol. The molecule has 3 heterocycles. The molecule has 1 aromatic heterocycles. The number of aromatic nitrogens is 2. The van der Waals surface area contributed by atoms with Crippen molar-refractivity contribution in [1.82, 2.24) is 19.8 Å². The summed E-state index contributed by atoms with van der Waals surface area (Å²) in [6.45, 7) is 4.86. The number of hydrogen-bond acceptors (Lipinski definition) is 6. The molecule has 194 valence electrons. The maximum Gasteiger partial charge on any atom is 0.303 e. The Labute approximate surface area is 213 Å². The van der Waals surface area contributed by atoms with Crippen LogP contribution in [0.5, 0.6) is 0 Å². The van der Waals surface area contributed by atoms with Crippen LogP contribution < -0.4 is 5.32 Å². The molecule has 4 atom stereocenters. The zero-order chi connectivity index (χ0) is 24.9. The Bertz CT molecular complexity index is 1000. The minimum Gasteiger partial charge on any atom is -0.481 e. The first-order valence-electron chi connectivity index (χ1n) is 13.5. The predicted octanol–water partition coefficient (Wildman–Crippen LogP) is 4.24. The van der Waals surface area contributed by atoms with Crippen LogP contribution in [-0.4, -0.2) is 75.7 Å². The Morgan fingerprint density at radius 3 is 2.56 bits per heavy atom. The Morgan fingerprint density at radius 1 is 1.03 bits per heavy atom. The normalized spacial score (nSPS) is 28.2. The van der Waals surface area contributed by atoms with Crippen LogP contribution in [-0.2, 0) is 4.79 Å². The van der Waals surface area contributed by atoms with Gasteiger partial charge in [0.15, 0.2) is 0 Å². The van der Waals surface area contributed by atoms with E-state index in [1.54, 1.807) is 18.5 Å². The second-order valence-electron chi connectivity index (χ2n) is 10.9. The average Bonchev–Trinajstić information content (AvgIpc) is 3.29. The standard InChI is InChI=1S/C28H38FN5O2/c29-23-7-3-6-20(15-23)25-19-34(26-8-2-1-5-21(26)16-27(35)36)18-22(25)17-33-13-9-24(10-14-33)32-28-30-11-4-12-31-28/h3-4,6-7,11-12,15,21-22,24-26H,1-2,5,8-10,13-14,16-19H2,(H,35,36)(H,30,31,32)/t21?,22-,25+,26+/m0/s1. The van der Waals surface area contributed by atoms with Crippen molar-refractivity contribution in [3.63, 3.8) is 0 Å². The number of hydrogen-bond donors (Lipinski definition) is 2. The second kappa shape index (κ2) is 11.6. The van der Waals surface area contributed by atoms with Gasteiger partial charge in [0.05, 0.1) is 0 Å². The van der Waals surface area contributed by atoms with E-state index in [2.05, 4.69) is 31.2 Å². The van der Waals surface area contributed by atoms with E-state index in [9.17, 15) is 14.3 Å². The summed E-state index contributed by atoms with van der Waals surface area (Å²) in [5.74, 6) is 0.702. The number of rotatable bonds is 8. The highest BCUT2D eigenvalue weighted by Gasteiger charge is 2.41. The summed E-state index contributed by atoms with van der Waals surface area (Å²) in [4.78, 5) is 25.2. The van der Waals surface area contributed by atoms with Crippen molar-refractivity contribution in [1.29, 1.82) is 0 Å². The number of halogens is 1. The fraction of sp³-hybridized carbons (Fsp3) is 0.607. The summed E-state index contributed by atoms with van der Waals surface area (Å²) in [5.41, 5.74) is 1.07. The first kappa shape index (κ1) is 25.1. The summed E-state index contributed by atoms with van der Waals surface area (Å²) in [6.07, 6.45) is 10.2. The maximum atomic E-state index is 14.2. The van der Waals surface area contributed by atoms with Crippen molar-refractivity contribution in [2.45, 2.75) is 62.9 Å². The summed E-state index contributed by atoms with van der Waals surface area (Å²) in [6, 6.07) is 9.62. The van der Waals surface area contributed by atoms with Gasteiger partial charge in [-0.15, -0.1) is 0 Å². The molecule has 8 heteroatoms. The van der Waals surface area contributed by atoms with E-state index in [1.807, 2.05) is 12.1 Å². The van der Waals surface area contributed by atoms with Crippen LogP contribution in [0.4, 0.5) is 10.3 Å². The summed E-state index contributed by atoms with van der Waals surface area (Å²) in [5, 5.41) is 12.9. The van der Waals surface area contributed by atoms with Crippen LogP contribution in [0.15, 0.2) is 42.7 Å². The molecule has 0 bridgehead atoms. The molecule has 0 radical (unpaired) electrons. The van der Waals surface area contributed by atoms with Gasteiger partial charge < -0.3 is 15.3 Å². The SMILES string of the molecule is O=C(O)CC1CCCC[C@H]1N1C[C@H](CN2CCC(Nc3ncccn3)CC2)[C@@H](c2cccc(F)c2)C1. The third-order valence-corrected chi connectivity index (χ3v) is 8.50. The molecule has 36 heavy (non-hydrogen) atoms. The molecule has 3 aliphatic rings. The van der Waals surface area contributed by atoms with Crippen molar-refractivity contribution in [2.75, 3.05) is 38.0 Å². The zero-order valence-electron chi connectivity index (χ0n) is 20.9. The van der Waals surface area contributed by atoms with E-state index in [0.717, 1.165) is 76.8 Å². The topological polar surface area (TPSA) is 81.6 Å². The number of nitrogens with zero attached hydrogens (tertiary/aromatic N) is 4. The van der Waals surface area contributed by atoms with Gasteiger partial charge >= 0.3 is 5.97 Å². The molecular weight excluding hydrogens is 457 g/mol. The van der Waals surface area contributed by atoms with E-state index in [1.165, 1.54) is 6.07 Å². The molecule has 0 spiro atoms. The van der Waals surface area contributed by atoms with Crippen molar-refractivity contribution < 1.29 is 14.3 Å². The Kier molecular flexibility index (Phi) is 8.12. The number of nitrogens with one attached hydrogen (secondary N) is 1. The highest BCUT2D eigenvalue weighted by Crippen LogP contribution is 2.40. The molecule has 3 fully saturated rings. The first-order chi connectivity index (χ1) is 17.5. The number of carbonyl (C=O) groups is 1. The monoisotopic (exact) mass is 495 g/mol. The number of piperidine rings is 1. The number of aliphatic carboxylic acids is 1. The van der Waals surface area contributed by atoms with E-state index in [0.29, 0.717) is 23.9 Å². The lowest BCUT2D eigenvalue weighted by atomic mass is 9.81. The Balaban J connectivity index is 1.25. The van der Waals surface area contributed by atoms with Gasteiger partial charge in [0, 0.05) is 69.5 Å². The lowest BCUT2D eigenvalue weighted by molar-refractivity contribution is -0.139. The quantitative estimate of drug-likeness (QED) is 0.567. The lowest BCUT2D eigenvalue weighted by Crippen LogP contribution is -2.44. The molecule has 2 aromatic rings. The maximum absolute atomic E-state index is 14.2. The molecule has 7 nitrogen and oxygen atoms in total. The highest BCUT2D eigenvalue weighted by atomic mass is 19.1. The third kappa shape index (κ3) is 6.21. The van der Waals surface area contributed by atoms with E-state index in [4.69, 9.17) is 0 Å². The van der Waals surface area contributed by atoms with Gasteiger partial charge in [-0.1, -0.05) is 25.0 Å². The van der Waals surface area contributed by atoms with Gasteiger partial charge in [0.2, 0.25) is 5.95 Å². The van der Waals surface area contributed by atoms with Crippen LogP contribution in [0.3, 0.4) is 0 Å². The fourth-order valence-corrected chi connectivity index (χ4v) is 6.75. The second-order valence-corrected chi connectivity index (χ2v) is 10.9. The minimum atomic E-state index is -0.693. The number of carboxylic acids is 1. The molecule has 0 amide bonds. The van der Waals surface area contributed by atoms with Gasteiger partial charge in [-0.05, 0) is 61.3 Å². The Hall–Kier alpha value is -2.58. The summed E-state index contributed by atoms with van der Waals surface area (Å²) >= 11 is 0. The Morgan fingerprint density at radius 2 is 1.81 bits per heavy atom. The minimum absolute atomic E-state index is 0.180. The predicted molar refractivity (Wildman–Crippen MR) is 137 cm³/mol. The van der Waals surface area contributed by atoms with Crippen LogP contribution in [0.2, 0.25) is 0 Å². The van der Waals surface area contributed by atoms with Crippen molar-refractivity contribution in [3.8, 4) is 0 Å². The van der Waals surface area contributed by atoms with E-state index < -0.39 is 5.97 Å². The molecule has 1 aromatic carbocycles. The lowest BCUT2D eigenvalue weighted by Gasteiger charge is -2.38. The third-order valence-electron chi connectivity index (χ3n) is 8.50. The number of anilines is 1. The van der Waals surface area contributed by atoms with Crippen molar-refractivity contribution >= 4 is 11.9 Å². The molecule has 1 aliphatic carbocycles. The van der Waals surface area contributed by atoms with Gasteiger partial charge in [0.25, 0.3) is 0 Å². The van der Waals surface area contributed by atoms with Gasteiger partial charge in [-0.25, -0.2) is 14.4 Å². The smallest absolute Gasteiger partial charge is 0.303 e. The first-order valence-corrected chi connectivity index (χ1v) is 13.5. The van der Waals surface area contributed by atoms with Crippen LogP contribution in [0, 0.1) is 17.7 Å². The van der Waals surface area contributed by atoms with Crippen molar-refractivity contribution in [3.05, 3.63) is 54.1 Å². The fourth-order valence-electron chi connectivity index (χ4n) is 6.75. The van der Waals surface area contributed by atoms with Crippen LogP contribution in [0.25, 0.3) is 0 Å². The van der Waals surface area contributed by atoms with Gasteiger partial charge in [-0.3, -0.25) is 9.69 Å². The summed E-state index contributed by atoms with van der Waals surface area (Å²) < 4.78 is 14.2. The molecular formula is C28H38FN5O2. The number of benzene rings is 1. The molecule has 2 saturated heterocycles. The zero-order valence-corrected chi connectivity index (χ0v) is 20.9. The molecule has 1 unspecified atom stereocenters. The summed E-state index contributed by atoms with van der Waals surface area (Å²) in [7, 11) is 0. The molecule has 2 N–H and O–H groups in total. The largest absolute Gasteiger partial charge is 0.481 e. The van der Waals surface area contributed by atoms with Gasteiger partial charge in [0.1, 0.15) is 5.82 Å². The van der Waals surface area contributed by atoms with Crippen LogP contribution >= 0.6 is 0 Å². The number of likely N-dealkylation sites (tertiary alicyclic amines) is 2. The van der Waals surface area contributed by atoms with E-state index in [-0.39, 0.29) is 24.1 Å². The number of carboxylic acid groups (broad SMARTS) is 1. The van der Waals surface area contributed by atoms with Crippen LogP contribution in [0.1, 0.15) is 56.4 Å². The highest BCUT2D eigenvalue weighted by molar-refractivity contribution is 5.67. The molecule has 5 rings (SSSR count). The molecule has 2 aliphatic heterocycles. The molecule has 1 saturated carbocycles. The van der Waals surface area contributed by atoms with Crippen molar-refractivity contribution in [2.24, 2.45) is 11.8 Å². The van der Waals surface area contributed by atoms with E-state index >= 15 is 0 Å².